The van der Waals surface area contributed by atoms with Crippen LogP contribution in [0.1, 0.15) is 31.2 Å². The summed E-state index contributed by atoms with van der Waals surface area (Å²) in [6.45, 7) is 2.70. The number of amides is 1. The Bertz CT molecular complexity index is 911. The molecule has 0 fully saturated rings. The quantitative estimate of drug-likeness (QED) is 0.591. The van der Waals surface area contributed by atoms with Crippen LogP contribution in [0, 0.1) is 0 Å². The SMILES string of the molecule is COc1cc(C2OC(c3ccc(Cl)cc3)=NN2C(C)=O)ccc1OC(C)=O. The predicted molar refractivity (Wildman–Crippen MR) is 98.6 cm³/mol. The minimum atomic E-state index is -0.770. The van der Waals surface area contributed by atoms with Crippen molar-refractivity contribution in [1.82, 2.24) is 5.01 Å². The van der Waals surface area contributed by atoms with Gasteiger partial charge in [-0.2, -0.15) is 5.01 Å². The first-order valence-corrected chi connectivity index (χ1v) is 8.44. The zero-order valence-corrected chi connectivity index (χ0v) is 15.7. The lowest BCUT2D eigenvalue weighted by molar-refractivity contribution is -0.135. The monoisotopic (exact) mass is 388 g/mol. The molecule has 140 valence electrons. The number of hydrogen-bond donors (Lipinski definition) is 0. The van der Waals surface area contributed by atoms with E-state index in [0.29, 0.717) is 27.8 Å². The van der Waals surface area contributed by atoms with Crippen LogP contribution in [0.4, 0.5) is 0 Å². The third-order valence-electron chi connectivity index (χ3n) is 3.78. The van der Waals surface area contributed by atoms with E-state index in [4.69, 9.17) is 25.8 Å². The summed E-state index contributed by atoms with van der Waals surface area (Å²) in [4.78, 5) is 23.2. The molecular weight excluding hydrogens is 372 g/mol. The molecule has 7 nitrogen and oxygen atoms in total. The molecule has 1 unspecified atom stereocenters. The average molecular weight is 389 g/mol. The first kappa shape index (κ1) is 18.7. The van der Waals surface area contributed by atoms with Crippen molar-refractivity contribution in [3.63, 3.8) is 0 Å². The molecule has 0 bridgehead atoms. The molecule has 0 spiro atoms. The van der Waals surface area contributed by atoms with Gasteiger partial charge in [0.25, 0.3) is 0 Å². The molecule has 0 aliphatic carbocycles. The highest BCUT2D eigenvalue weighted by atomic mass is 35.5. The molecular formula is C19H17ClN2O5. The lowest BCUT2D eigenvalue weighted by Gasteiger charge is -2.20. The number of rotatable bonds is 4. The topological polar surface area (TPSA) is 77.4 Å². The van der Waals surface area contributed by atoms with Crippen LogP contribution in [0.25, 0.3) is 0 Å². The fraction of sp³-hybridized carbons (Fsp3) is 0.211. The summed E-state index contributed by atoms with van der Waals surface area (Å²) >= 11 is 5.91. The maximum atomic E-state index is 12.0. The molecule has 1 aliphatic heterocycles. The summed E-state index contributed by atoms with van der Waals surface area (Å²) in [5, 5.41) is 6.11. The van der Waals surface area contributed by atoms with E-state index in [1.54, 1.807) is 42.5 Å². The number of nitrogens with zero attached hydrogens (tertiary/aromatic N) is 2. The van der Waals surface area contributed by atoms with Crippen molar-refractivity contribution < 1.29 is 23.8 Å². The fourth-order valence-corrected chi connectivity index (χ4v) is 2.70. The lowest BCUT2D eigenvalue weighted by atomic mass is 10.1. The first-order chi connectivity index (χ1) is 12.9. The summed E-state index contributed by atoms with van der Waals surface area (Å²) in [6.07, 6.45) is -0.770. The van der Waals surface area contributed by atoms with Gasteiger partial charge in [-0.1, -0.05) is 11.6 Å². The zero-order chi connectivity index (χ0) is 19.6. The summed E-state index contributed by atoms with van der Waals surface area (Å²) in [5.41, 5.74) is 1.31. The van der Waals surface area contributed by atoms with Crippen molar-refractivity contribution in [3.8, 4) is 11.5 Å². The normalized spacial score (nSPS) is 15.8. The number of carbonyl (C=O) groups excluding carboxylic acids is 2. The van der Waals surface area contributed by atoms with Crippen LogP contribution in [-0.2, 0) is 14.3 Å². The van der Waals surface area contributed by atoms with E-state index in [2.05, 4.69) is 5.10 Å². The minimum Gasteiger partial charge on any atom is -0.493 e. The highest BCUT2D eigenvalue weighted by Gasteiger charge is 2.33. The van der Waals surface area contributed by atoms with Crippen LogP contribution >= 0.6 is 11.6 Å². The maximum absolute atomic E-state index is 12.0. The molecule has 2 aromatic rings. The van der Waals surface area contributed by atoms with E-state index in [9.17, 15) is 9.59 Å². The predicted octanol–water partition coefficient (Wildman–Crippen LogP) is 3.51. The fourth-order valence-electron chi connectivity index (χ4n) is 2.57. The molecule has 1 atom stereocenters. The van der Waals surface area contributed by atoms with Crippen LogP contribution in [-0.4, -0.2) is 29.9 Å². The van der Waals surface area contributed by atoms with Crippen LogP contribution in [0.3, 0.4) is 0 Å². The Hall–Kier alpha value is -3.06. The van der Waals surface area contributed by atoms with Crippen molar-refractivity contribution in [2.24, 2.45) is 5.10 Å². The summed E-state index contributed by atoms with van der Waals surface area (Å²) < 4.78 is 16.3. The molecule has 0 radical (unpaired) electrons. The Morgan fingerprint density at radius 2 is 1.81 bits per heavy atom. The van der Waals surface area contributed by atoms with E-state index in [0.717, 1.165) is 0 Å². The molecule has 1 amide bonds. The van der Waals surface area contributed by atoms with Gasteiger partial charge in [-0.3, -0.25) is 9.59 Å². The number of hydrazone groups is 1. The van der Waals surface area contributed by atoms with Crippen LogP contribution in [0.15, 0.2) is 47.6 Å². The lowest BCUT2D eigenvalue weighted by Crippen LogP contribution is -2.25. The van der Waals surface area contributed by atoms with E-state index >= 15 is 0 Å². The summed E-state index contributed by atoms with van der Waals surface area (Å²) in [5.74, 6) is 0.175. The van der Waals surface area contributed by atoms with Gasteiger partial charge in [-0.05, 0) is 42.5 Å². The van der Waals surface area contributed by atoms with Gasteiger partial charge in [0.05, 0.1) is 7.11 Å². The van der Waals surface area contributed by atoms with Gasteiger partial charge in [0.1, 0.15) is 0 Å². The highest BCUT2D eigenvalue weighted by molar-refractivity contribution is 6.30. The number of methoxy groups -OCH3 is 1. The summed E-state index contributed by atoms with van der Waals surface area (Å²) in [6, 6.07) is 11.8. The number of hydrogen-bond acceptors (Lipinski definition) is 6. The Labute approximate surface area is 161 Å². The van der Waals surface area contributed by atoms with E-state index in [1.807, 2.05) is 0 Å². The Morgan fingerprint density at radius 1 is 1.11 bits per heavy atom. The molecule has 3 rings (SSSR count). The second kappa shape index (κ2) is 7.67. The Balaban J connectivity index is 1.93. The number of esters is 1. The molecule has 1 heterocycles. The van der Waals surface area contributed by atoms with Crippen molar-refractivity contribution in [3.05, 3.63) is 58.6 Å². The largest absolute Gasteiger partial charge is 0.493 e. The standard InChI is InChI=1S/C19H17ClN2O5/c1-11(23)22-19(27-18(21-22)13-4-7-15(20)8-5-13)14-6-9-16(26-12(2)24)17(10-14)25-3/h4-10,19H,1-3H3. The zero-order valence-electron chi connectivity index (χ0n) is 14.9. The molecule has 27 heavy (non-hydrogen) atoms. The first-order valence-electron chi connectivity index (χ1n) is 8.06. The van der Waals surface area contributed by atoms with Gasteiger partial charge < -0.3 is 14.2 Å². The molecule has 0 N–H and O–H groups in total. The molecule has 0 aromatic heterocycles. The second-order valence-corrected chi connectivity index (χ2v) is 6.19. The van der Waals surface area contributed by atoms with E-state index < -0.39 is 12.2 Å². The molecule has 0 saturated carbocycles. The van der Waals surface area contributed by atoms with Crippen molar-refractivity contribution in [1.29, 1.82) is 0 Å². The van der Waals surface area contributed by atoms with Crippen LogP contribution < -0.4 is 9.47 Å². The van der Waals surface area contributed by atoms with Crippen LogP contribution in [0.2, 0.25) is 5.02 Å². The molecule has 2 aromatic carbocycles. The van der Waals surface area contributed by atoms with E-state index in [-0.39, 0.29) is 11.7 Å². The van der Waals surface area contributed by atoms with Gasteiger partial charge in [0.15, 0.2) is 11.5 Å². The van der Waals surface area contributed by atoms with Crippen LogP contribution in [0.5, 0.6) is 11.5 Å². The molecule has 8 heteroatoms. The van der Waals surface area contributed by atoms with Gasteiger partial charge >= 0.3 is 5.97 Å². The number of halogens is 1. The van der Waals surface area contributed by atoms with Crippen molar-refractivity contribution in [2.75, 3.05) is 7.11 Å². The van der Waals surface area contributed by atoms with Gasteiger partial charge in [0, 0.05) is 30.0 Å². The average Bonchev–Trinajstić information content (AvgIpc) is 3.08. The van der Waals surface area contributed by atoms with Crippen molar-refractivity contribution >= 4 is 29.4 Å². The number of carbonyl (C=O) groups is 2. The summed E-state index contributed by atoms with van der Waals surface area (Å²) in [7, 11) is 1.46. The molecule has 0 saturated heterocycles. The maximum Gasteiger partial charge on any atom is 0.308 e. The third-order valence-corrected chi connectivity index (χ3v) is 4.04. The Kier molecular flexibility index (Phi) is 5.32. The third kappa shape index (κ3) is 4.03. The smallest absolute Gasteiger partial charge is 0.308 e. The Morgan fingerprint density at radius 3 is 2.41 bits per heavy atom. The van der Waals surface area contributed by atoms with E-state index in [1.165, 1.54) is 26.0 Å². The highest BCUT2D eigenvalue weighted by Crippen LogP contribution is 2.36. The van der Waals surface area contributed by atoms with Crippen molar-refractivity contribution in [2.45, 2.75) is 20.1 Å². The van der Waals surface area contributed by atoms with Gasteiger partial charge in [-0.25, -0.2) is 0 Å². The van der Waals surface area contributed by atoms with Gasteiger partial charge in [-0.15, -0.1) is 5.10 Å². The second-order valence-electron chi connectivity index (χ2n) is 5.75. The minimum absolute atomic E-state index is 0.278. The van der Waals surface area contributed by atoms with Gasteiger partial charge in [0.2, 0.25) is 18.0 Å². The molecule has 1 aliphatic rings. The number of benzene rings is 2. The number of ether oxygens (including phenoxy) is 3.